The first kappa shape index (κ1) is 15.0. The maximum atomic E-state index is 11.9. The van der Waals surface area contributed by atoms with Crippen LogP contribution in [-0.4, -0.2) is 20.8 Å². The highest BCUT2D eigenvalue weighted by Gasteiger charge is 2.15. The van der Waals surface area contributed by atoms with Crippen LogP contribution < -0.4 is 10.6 Å². The van der Waals surface area contributed by atoms with Gasteiger partial charge in [-0.2, -0.15) is 0 Å². The summed E-state index contributed by atoms with van der Waals surface area (Å²) in [5.41, 5.74) is 1.22. The lowest BCUT2D eigenvalue weighted by Gasteiger charge is -2.09. The molecule has 1 aliphatic rings. The van der Waals surface area contributed by atoms with Gasteiger partial charge in [-0.3, -0.25) is 0 Å². The van der Waals surface area contributed by atoms with Crippen molar-refractivity contribution >= 4 is 17.4 Å². The summed E-state index contributed by atoms with van der Waals surface area (Å²) in [6, 6.07) is 1.89. The molecule has 0 bridgehead atoms. The van der Waals surface area contributed by atoms with Crippen molar-refractivity contribution in [2.45, 2.75) is 52.2 Å². The van der Waals surface area contributed by atoms with Crippen molar-refractivity contribution in [3.8, 4) is 0 Å². The number of urea groups is 1. The molecular weight excluding hydrogens is 298 g/mol. The number of thiophene rings is 1. The third kappa shape index (κ3) is 3.47. The second kappa shape index (κ2) is 6.91. The molecule has 1 aliphatic heterocycles. The smallest absolute Gasteiger partial charge is 0.315 e. The Bertz CT molecular complexity index is 648. The zero-order valence-electron chi connectivity index (χ0n) is 12.8. The maximum Gasteiger partial charge on any atom is 0.315 e. The number of rotatable bonds is 4. The Balaban J connectivity index is 1.51. The van der Waals surface area contributed by atoms with E-state index in [2.05, 4.69) is 38.4 Å². The highest BCUT2D eigenvalue weighted by molar-refractivity contribution is 7.10. The fraction of sp³-hybridized carbons (Fsp3) is 0.533. The molecule has 22 heavy (non-hydrogen) atoms. The third-order valence-electron chi connectivity index (χ3n) is 3.97. The number of nitrogens with one attached hydrogen (secondary N) is 2. The van der Waals surface area contributed by atoms with Gasteiger partial charge in [-0.05, 0) is 36.8 Å². The second-order valence-corrected chi connectivity index (χ2v) is 6.56. The van der Waals surface area contributed by atoms with Crippen LogP contribution in [0.25, 0.3) is 0 Å². The Morgan fingerprint density at radius 1 is 1.27 bits per heavy atom. The first-order valence-corrected chi connectivity index (χ1v) is 8.57. The molecule has 2 N–H and O–H groups in total. The van der Waals surface area contributed by atoms with Crippen molar-refractivity contribution in [2.75, 3.05) is 0 Å². The lowest BCUT2D eigenvalue weighted by atomic mass is 10.2. The van der Waals surface area contributed by atoms with E-state index in [4.69, 9.17) is 0 Å². The van der Waals surface area contributed by atoms with E-state index >= 15 is 0 Å². The van der Waals surface area contributed by atoms with Gasteiger partial charge in [0.25, 0.3) is 0 Å². The highest BCUT2D eigenvalue weighted by Crippen LogP contribution is 2.15. The van der Waals surface area contributed by atoms with Gasteiger partial charge in [0.15, 0.2) is 5.82 Å². The molecule has 6 nitrogen and oxygen atoms in total. The molecule has 0 saturated carbocycles. The first-order chi connectivity index (χ1) is 10.7. The molecule has 3 rings (SSSR count). The number of nitrogens with zero attached hydrogens (tertiary/aromatic N) is 3. The molecule has 2 aromatic rings. The third-order valence-corrected chi connectivity index (χ3v) is 4.99. The van der Waals surface area contributed by atoms with Gasteiger partial charge in [-0.15, -0.1) is 21.5 Å². The van der Waals surface area contributed by atoms with Crippen LogP contribution in [0.2, 0.25) is 0 Å². The molecule has 0 unspecified atom stereocenters. The van der Waals surface area contributed by atoms with Crippen molar-refractivity contribution in [3.63, 3.8) is 0 Å². The second-order valence-electron chi connectivity index (χ2n) is 5.56. The van der Waals surface area contributed by atoms with Gasteiger partial charge in [-0.1, -0.05) is 6.42 Å². The Hall–Kier alpha value is -1.89. The number of carbonyl (C=O) groups excluding carboxylic acids is 1. The summed E-state index contributed by atoms with van der Waals surface area (Å²) in [6.07, 6.45) is 4.54. The Labute approximate surface area is 133 Å². The number of hydrogen-bond acceptors (Lipinski definition) is 4. The summed E-state index contributed by atoms with van der Waals surface area (Å²) in [4.78, 5) is 13.1. The Kier molecular flexibility index (Phi) is 4.72. The molecule has 2 aromatic heterocycles. The molecule has 3 heterocycles. The van der Waals surface area contributed by atoms with Crippen LogP contribution >= 0.6 is 11.3 Å². The van der Waals surface area contributed by atoms with Crippen LogP contribution in [-0.2, 0) is 26.1 Å². The van der Waals surface area contributed by atoms with Crippen molar-refractivity contribution in [1.29, 1.82) is 0 Å². The van der Waals surface area contributed by atoms with E-state index < -0.39 is 0 Å². The first-order valence-electron chi connectivity index (χ1n) is 7.69. The molecule has 0 radical (unpaired) electrons. The Morgan fingerprint density at radius 3 is 2.95 bits per heavy atom. The molecule has 0 fully saturated rings. The molecule has 118 valence electrons. The van der Waals surface area contributed by atoms with E-state index in [1.807, 2.05) is 5.38 Å². The van der Waals surface area contributed by atoms with Gasteiger partial charge < -0.3 is 15.2 Å². The summed E-state index contributed by atoms with van der Waals surface area (Å²) in [6.45, 7) is 3.99. The van der Waals surface area contributed by atoms with E-state index in [1.165, 1.54) is 23.3 Å². The fourth-order valence-corrected chi connectivity index (χ4v) is 3.49. The zero-order valence-corrected chi connectivity index (χ0v) is 13.6. The van der Waals surface area contributed by atoms with Gasteiger partial charge >= 0.3 is 6.03 Å². The standard InChI is InChI=1S/C15H21N5OS/c1-11-6-8-22-12(11)9-16-15(21)17-10-14-19-18-13-5-3-2-4-7-20(13)14/h6,8H,2-5,7,9-10H2,1H3,(H2,16,17,21). The zero-order chi connectivity index (χ0) is 15.4. The highest BCUT2D eigenvalue weighted by atomic mass is 32.1. The normalized spacial score (nSPS) is 14.2. The number of carbonyl (C=O) groups is 1. The van der Waals surface area contributed by atoms with Crippen LogP contribution in [0.15, 0.2) is 11.4 Å². The lowest BCUT2D eigenvalue weighted by molar-refractivity contribution is 0.239. The van der Waals surface area contributed by atoms with E-state index in [9.17, 15) is 4.79 Å². The predicted octanol–water partition coefficient (Wildman–Crippen LogP) is 2.37. The van der Waals surface area contributed by atoms with E-state index in [1.54, 1.807) is 11.3 Å². The summed E-state index contributed by atoms with van der Waals surface area (Å²) in [5.74, 6) is 1.89. The average Bonchev–Trinajstić information content (AvgIpc) is 3.02. The molecule has 0 saturated heterocycles. The maximum absolute atomic E-state index is 11.9. The minimum Gasteiger partial charge on any atom is -0.333 e. The van der Waals surface area contributed by atoms with Crippen LogP contribution in [0.5, 0.6) is 0 Å². The minimum absolute atomic E-state index is 0.168. The fourth-order valence-electron chi connectivity index (χ4n) is 2.64. The number of aryl methyl sites for hydroxylation is 2. The topological polar surface area (TPSA) is 71.8 Å². The molecule has 7 heteroatoms. The summed E-state index contributed by atoms with van der Waals surface area (Å²) < 4.78 is 2.15. The molecule has 2 amide bonds. The molecule has 0 atom stereocenters. The SMILES string of the molecule is Cc1ccsc1CNC(=O)NCc1nnc2n1CCCCC2. The molecule has 0 aromatic carbocycles. The van der Waals surface area contributed by atoms with E-state index in [0.717, 1.165) is 31.0 Å². The Morgan fingerprint density at radius 2 is 2.14 bits per heavy atom. The summed E-state index contributed by atoms with van der Waals surface area (Å²) in [5, 5.41) is 16.2. The number of aromatic nitrogens is 3. The molecular formula is C15H21N5OS. The van der Waals surface area contributed by atoms with Crippen LogP contribution in [0, 0.1) is 6.92 Å². The lowest BCUT2D eigenvalue weighted by Crippen LogP contribution is -2.35. The van der Waals surface area contributed by atoms with Crippen LogP contribution in [0.3, 0.4) is 0 Å². The summed E-state index contributed by atoms with van der Waals surface area (Å²) >= 11 is 1.66. The predicted molar refractivity (Wildman–Crippen MR) is 85.7 cm³/mol. The van der Waals surface area contributed by atoms with Gasteiger partial charge in [0.2, 0.25) is 0 Å². The number of amides is 2. The number of hydrogen-bond donors (Lipinski definition) is 2. The summed E-state index contributed by atoms with van der Waals surface area (Å²) in [7, 11) is 0. The molecule has 0 spiro atoms. The van der Waals surface area contributed by atoms with Crippen LogP contribution in [0.1, 0.15) is 41.4 Å². The van der Waals surface area contributed by atoms with Crippen LogP contribution in [0.4, 0.5) is 4.79 Å². The van der Waals surface area contributed by atoms with Gasteiger partial charge in [0, 0.05) is 17.8 Å². The average molecular weight is 319 g/mol. The quantitative estimate of drug-likeness (QED) is 0.909. The van der Waals surface area contributed by atoms with Gasteiger partial charge in [0.05, 0.1) is 13.1 Å². The van der Waals surface area contributed by atoms with E-state index in [0.29, 0.717) is 13.1 Å². The number of fused-ring (bicyclic) bond motifs is 1. The van der Waals surface area contributed by atoms with Crippen molar-refractivity contribution in [1.82, 2.24) is 25.4 Å². The monoisotopic (exact) mass is 319 g/mol. The molecule has 0 aliphatic carbocycles. The van der Waals surface area contributed by atoms with Crippen molar-refractivity contribution in [3.05, 3.63) is 33.5 Å². The van der Waals surface area contributed by atoms with Crippen molar-refractivity contribution < 1.29 is 4.79 Å². The largest absolute Gasteiger partial charge is 0.333 e. The van der Waals surface area contributed by atoms with Gasteiger partial charge in [-0.25, -0.2) is 4.79 Å². The van der Waals surface area contributed by atoms with Gasteiger partial charge in [0.1, 0.15) is 5.82 Å². The van der Waals surface area contributed by atoms with Crippen molar-refractivity contribution in [2.24, 2.45) is 0 Å². The minimum atomic E-state index is -0.168. The van der Waals surface area contributed by atoms with E-state index in [-0.39, 0.29) is 6.03 Å².